The van der Waals surface area contributed by atoms with E-state index in [0.29, 0.717) is 6.54 Å². The highest BCUT2D eigenvalue weighted by molar-refractivity contribution is 5.66. The number of carboxylic acid groups (broad SMARTS) is 1. The summed E-state index contributed by atoms with van der Waals surface area (Å²) in [5.74, 6) is -0.735. The molecule has 3 heteroatoms. The summed E-state index contributed by atoms with van der Waals surface area (Å²) in [4.78, 5) is 12.7. The van der Waals surface area contributed by atoms with Crippen molar-refractivity contribution >= 4 is 5.97 Å². The van der Waals surface area contributed by atoms with Gasteiger partial charge in [-0.25, -0.2) is 0 Å². The van der Waals surface area contributed by atoms with Gasteiger partial charge in [-0.1, -0.05) is 11.6 Å². The van der Waals surface area contributed by atoms with Crippen LogP contribution in [0.5, 0.6) is 0 Å². The van der Waals surface area contributed by atoms with E-state index in [4.69, 9.17) is 5.11 Å². The Morgan fingerprint density at radius 2 is 1.87 bits per heavy atom. The van der Waals surface area contributed by atoms with E-state index in [1.807, 2.05) is 0 Å². The highest BCUT2D eigenvalue weighted by Crippen LogP contribution is 2.13. The predicted octanol–water partition coefficient (Wildman–Crippen LogP) is 2.53. The van der Waals surface area contributed by atoms with Crippen LogP contribution in [0.25, 0.3) is 0 Å². The number of allylic oxidation sites excluding steroid dienone is 1. The molecule has 0 unspecified atom stereocenters. The molecule has 0 saturated carbocycles. The van der Waals surface area contributed by atoms with Crippen molar-refractivity contribution in [1.82, 2.24) is 4.90 Å². The molecule has 0 aromatic heterocycles. The number of nitrogens with zero attached hydrogens (tertiary/aromatic N) is 1. The van der Waals surface area contributed by atoms with Crippen molar-refractivity contribution in [3.05, 3.63) is 11.6 Å². The van der Waals surface area contributed by atoms with Crippen LogP contribution in [0.3, 0.4) is 0 Å². The molecule has 0 saturated heterocycles. The van der Waals surface area contributed by atoms with Gasteiger partial charge in [0.15, 0.2) is 0 Å². The first-order chi connectivity index (χ1) is 6.73. The Bertz CT molecular complexity index is 234. The first-order valence-corrected chi connectivity index (χ1v) is 5.33. The average Bonchev–Trinajstić information content (AvgIpc) is 2.00. The number of hydrogen-bond donors (Lipinski definition) is 1. The number of rotatable bonds is 5. The van der Waals surface area contributed by atoms with Crippen LogP contribution in [0.15, 0.2) is 11.6 Å². The Kier molecular flexibility index (Phi) is 5.58. The SMILES string of the molecule is CC(C)=CCN(CCC(=O)O)C(C)(C)C. The molecule has 1 N–H and O–H groups in total. The van der Waals surface area contributed by atoms with Crippen LogP contribution in [0.4, 0.5) is 0 Å². The van der Waals surface area contributed by atoms with E-state index in [2.05, 4.69) is 45.6 Å². The topological polar surface area (TPSA) is 40.5 Å². The van der Waals surface area contributed by atoms with E-state index in [0.717, 1.165) is 6.54 Å². The maximum absolute atomic E-state index is 10.5. The molecule has 0 atom stereocenters. The highest BCUT2D eigenvalue weighted by Gasteiger charge is 2.20. The van der Waals surface area contributed by atoms with Crippen LogP contribution in [-0.2, 0) is 4.79 Å². The molecule has 0 fully saturated rings. The van der Waals surface area contributed by atoms with E-state index in [1.165, 1.54) is 5.57 Å². The van der Waals surface area contributed by atoms with E-state index >= 15 is 0 Å². The van der Waals surface area contributed by atoms with Crippen molar-refractivity contribution in [3.63, 3.8) is 0 Å². The minimum Gasteiger partial charge on any atom is -0.481 e. The van der Waals surface area contributed by atoms with Crippen molar-refractivity contribution in [2.45, 2.75) is 46.6 Å². The van der Waals surface area contributed by atoms with E-state index in [9.17, 15) is 4.79 Å². The average molecular weight is 213 g/mol. The summed E-state index contributed by atoms with van der Waals surface area (Å²) >= 11 is 0. The summed E-state index contributed by atoms with van der Waals surface area (Å²) in [5.41, 5.74) is 1.28. The normalized spacial score (nSPS) is 11.6. The molecule has 88 valence electrons. The summed E-state index contributed by atoms with van der Waals surface area (Å²) < 4.78 is 0. The Morgan fingerprint density at radius 1 is 1.33 bits per heavy atom. The molecule has 15 heavy (non-hydrogen) atoms. The van der Waals surface area contributed by atoms with Gasteiger partial charge >= 0.3 is 5.97 Å². The fraction of sp³-hybridized carbons (Fsp3) is 0.750. The molecular weight excluding hydrogens is 190 g/mol. The molecule has 0 aliphatic carbocycles. The maximum atomic E-state index is 10.5. The molecular formula is C12H23NO2. The lowest BCUT2D eigenvalue weighted by atomic mass is 10.1. The third-order valence-corrected chi connectivity index (χ3v) is 2.26. The highest BCUT2D eigenvalue weighted by atomic mass is 16.4. The van der Waals surface area contributed by atoms with Gasteiger partial charge in [0.05, 0.1) is 6.42 Å². The zero-order valence-electron chi connectivity index (χ0n) is 10.5. The number of hydrogen-bond acceptors (Lipinski definition) is 2. The monoisotopic (exact) mass is 213 g/mol. The van der Waals surface area contributed by atoms with Crippen molar-refractivity contribution in [2.24, 2.45) is 0 Å². The Balaban J connectivity index is 4.33. The standard InChI is InChI=1S/C12H23NO2/c1-10(2)6-8-13(12(3,4)5)9-7-11(14)15/h6H,7-9H2,1-5H3,(H,14,15). The van der Waals surface area contributed by atoms with Gasteiger partial charge in [-0.15, -0.1) is 0 Å². The smallest absolute Gasteiger partial charge is 0.304 e. The molecule has 3 nitrogen and oxygen atoms in total. The second-order valence-electron chi connectivity index (χ2n) is 5.04. The Hall–Kier alpha value is -0.830. The predicted molar refractivity (Wildman–Crippen MR) is 63.0 cm³/mol. The van der Waals surface area contributed by atoms with Gasteiger partial charge in [-0.3, -0.25) is 9.69 Å². The van der Waals surface area contributed by atoms with Crippen LogP contribution in [0, 0.1) is 0 Å². The summed E-state index contributed by atoms with van der Waals surface area (Å²) in [6.07, 6.45) is 2.33. The lowest BCUT2D eigenvalue weighted by Gasteiger charge is -2.34. The van der Waals surface area contributed by atoms with Crippen molar-refractivity contribution in [1.29, 1.82) is 0 Å². The third kappa shape index (κ3) is 7.14. The van der Waals surface area contributed by atoms with E-state index < -0.39 is 5.97 Å². The van der Waals surface area contributed by atoms with Crippen molar-refractivity contribution < 1.29 is 9.90 Å². The van der Waals surface area contributed by atoms with Crippen LogP contribution in [0.1, 0.15) is 41.0 Å². The first-order valence-electron chi connectivity index (χ1n) is 5.33. The van der Waals surface area contributed by atoms with Gasteiger partial charge in [0, 0.05) is 18.6 Å². The second-order valence-corrected chi connectivity index (χ2v) is 5.04. The van der Waals surface area contributed by atoms with Gasteiger partial charge in [0.1, 0.15) is 0 Å². The largest absolute Gasteiger partial charge is 0.481 e. The van der Waals surface area contributed by atoms with E-state index in [-0.39, 0.29) is 12.0 Å². The van der Waals surface area contributed by atoms with Crippen LogP contribution >= 0.6 is 0 Å². The Morgan fingerprint density at radius 3 is 2.20 bits per heavy atom. The molecule has 0 aliphatic heterocycles. The molecule has 0 heterocycles. The summed E-state index contributed by atoms with van der Waals surface area (Å²) in [5, 5.41) is 8.66. The van der Waals surface area contributed by atoms with Crippen LogP contribution < -0.4 is 0 Å². The minimum absolute atomic E-state index is 0.0153. The molecule has 0 bridgehead atoms. The zero-order valence-corrected chi connectivity index (χ0v) is 10.5. The molecule has 0 aromatic carbocycles. The summed E-state index contributed by atoms with van der Waals surface area (Å²) in [7, 11) is 0. The Labute approximate surface area is 92.8 Å². The maximum Gasteiger partial charge on any atom is 0.304 e. The first kappa shape index (κ1) is 14.2. The van der Waals surface area contributed by atoms with E-state index in [1.54, 1.807) is 0 Å². The van der Waals surface area contributed by atoms with Crippen molar-refractivity contribution in [2.75, 3.05) is 13.1 Å². The second kappa shape index (κ2) is 5.91. The number of carbonyl (C=O) groups is 1. The van der Waals surface area contributed by atoms with Gasteiger partial charge in [0.2, 0.25) is 0 Å². The fourth-order valence-corrected chi connectivity index (χ4v) is 1.22. The lowest BCUT2D eigenvalue weighted by Crippen LogP contribution is -2.42. The van der Waals surface area contributed by atoms with Gasteiger partial charge < -0.3 is 5.11 Å². The number of aliphatic carboxylic acids is 1. The molecule has 0 radical (unpaired) electrons. The lowest BCUT2D eigenvalue weighted by molar-refractivity contribution is -0.137. The van der Waals surface area contributed by atoms with Gasteiger partial charge in [-0.05, 0) is 34.6 Å². The van der Waals surface area contributed by atoms with Gasteiger partial charge in [0.25, 0.3) is 0 Å². The summed E-state index contributed by atoms with van der Waals surface area (Å²) in [6, 6.07) is 0. The molecule has 0 amide bonds. The summed E-state index contributed by atoms with van der Waals surface area (Å²) in [6.45, 7) is 11.8. The number of carboxylic acids is 1. The van der Waals surface area contributed by atoms with Crippen LogP contribution in [-0.4, -0.2) is 34.6 Å². The van der Waals surface area contributed by atoms with Crippen LogP contribution in [0.2, 0.25) is 0 Å². The quantitative estimate of drug-likeness (QED) is 0.713. The fourth-order valence-electron chi connectivity index (χ4n) is 1.22. The molecule has 0 spiro atoms. The third-order valence-electron chi connectivity index (χ3n) is 2.26. The minimum atomic E-state index is -0.735. The molecule has 0 aromatic rings. The van der Waals surface area contributed by atoms with Gasteiger partial charge in [-0.2, -0.15) is 0 Å². The molecule has 0 aliphatic rings. The van der Waals surface area contributed by atoms with Crippen molar-refractivity contribution in [3.8, 4) is 0 Å². The molecule has 0 rings (SSSR count). The zero-order chi connectivity index (χ0) is 12.1.